The molecule has 0 radical (unpaired) electrons. The van der Waals surface area contributed by atoms with Crippen LogP contribution in [0.3, 0.4) is 0 Å². The fourth-order valence-electron chi connectivity index (χ4n) is 3.03. The van der Waals surface area contributed by atoms with Gasteiger partial charge in [-0.05, 0) is 51.5 Å². The first-order valence-electron chi connectivity index (χ1n) is 9.05. The van der Waals surface area contributed by atoms with Gasteiger partial charge in [-0.3, -0.25) is 4.79 Å². The summed E-state index contributed by atoms with van der Waals surface area (Å²) in [5, 5.41) is 8.79. The van der Waals surface area contributed by atoms with E-state index in [1.807, 2.05) is 6.07 Å². The standard InChI is InChI=1S/C19H24N2O6S/c1-4-21(16-9-10-28(24,25)12-16)18(22)13(2)27-19(23)14(3)26-17-7-5-15(11-20)6-8-17/h5-8,13-14,16H,4,9-10,12H2,1-3H3/t13-,14+,16+/m0/s1. The van der Waals surface area contributed by atoms with Crippen molar-refractivity contribution in [3.63, 3.8) is 0 Å². The highest BCUT2D eigenvalue weighted by atomic mass is 32.2. The van der Waals surface area contributed by atoms with Crippen molar-refractivity contribution in [1.82, 2.24) is 4.90 Å². The maximum absolute atomic E-state index is 12.6. The lowest BCUT2D eigenvalue weighted by molar-refractivity contribution is -0.165. The average molecular weight is 408 g/mol. The Balaban J connectivity index is 1.93. The smallest absolute Gasteiger partial charge is 0.347 e. The highest BCUT2D eigenvalue weighted by Gasteiger charge is 2.36. The Morgan fingerprint density at radius 2 is 1.89 bits per heavy atom. The van der Waals surface area contributed by atoms with Crippen LogP contribution in [-0.4, -0.2) is 61.5 Å². The Bertz CT molecular complexity index is 859. The van der Waals surface area contributed by atoms with Crippen LogP contribution in [0.15, 0.2) is 24.3 Å². The number of rotatable bonds is 7. The Morgan fingerprint density at radius 3 is 2.39 bits per heavy atom. The lowest BCUT2D eigenvalue weighted by Gasteiger charge is -2.29. The van der Waals surface area contributed by atoms with Crippen LogP contribution in [0, 0.1) is 11.3 Å². The Labute approximate surface area is 164 Å². The van der Waals surface area contributed by atoms with Crippen molar-refractivity contribution in [2.45, 2.75) is 45.4 Å². The van der Waals surface area contributed by atoms with Gasteiger partial charge in [0.05, 0.1) is 23.1 Å². The highest BCUT2D eigenvalue weighted by molar-refractivity contribution is 7.91. The van der Waals surface area contributed by atoms with Crippen molar-refractivity contribution in [3.8, 4) is 11.8 Å². The zero-order valence-corrected chi connectivity index (χ0v) is 16.9. The Kier molecular flexibility index (Phi) is 7.02. The maximum Gasteiger partial charge on any atom is 0.347 e. The van der Waals surface area contributed by atoms with Crippen LogP contribution < -0.4 is 4.74 Å². The van der Waals surface area contributed by atoms with Crippen LogP contribution in [0.25, 0.3) is 0 Å². The normalized spacial score (nSPS) is 19.9. The van der Waals surface area contributed by atoms with Crippen molar-refractivity contribution in [2.24, 2.45) is 0 Å². The minimum Gasteiger partial charge on any atom is -0.479 e. The molecule has 0 bridgehead atoms. The molecule has 1 fully saturated rings. The molecule has 1 saturated heterocycles. The topological polar surface area (TPSA) is 114 Å². The van der Waals surface area contributed by atoms with E-state index in [1.54, 1.807) is 31.2 Å². The largest absolute Gasteiger partial charge is 0.479 e. The maximum atomic E-state index is 12.6. The molecule has 1 aromatic rings. The van der Waals surface area contributed by atoms with Gasteiger partial charge in [0.2, 0.25) is 0 Å². The van der Waals surface area contributed by atoms with E-state index >= 15 is 0 Å². The molecule has 0 spiro atoms. The van der Waals surface area contributed by atoms with Gasteiger partial charge in [-0.2, -0.15) is 5.26 Å². The number of carbonyl (C=O) groups is 2. The number of esters is 1. The van der Waals surface area contributed by atoms with Gasteiger partial charge in [0, 0.05) is 12.6 Å². The zero-order valence-electron chi connectivity index (χ0n) is 16.1. The van der Waals surface area contributed by atoms with E-state index in [4.69, 9.17) is 14.7 Å². The van der Waals surface area contributed by atoms with Crippen LogP contribution >= 0.6 is 0 Å². The summed E-state index contributed by atoms with van der Waals surface area (Å²) < 4.78 is 34.1. The van der Waals surface area contributed by atoms with E-state index in [2.05, 4.69) is 0 Å². The molecule has 2 rings (SSSR count). The first-order valence-corrected chi connectivity index (χ1v) is 10.9. The molecule has 0 unspecified atom stereocenters. The van der Waals surface area contributed by atoms with Gasteiger partial charge in [-0.15, -0.1) is 0 Å². The molecular formula is C19H24N2O6S. The van der Waals surface area contributed by atoms with Gasteiger partial charge in [0.15, 0.2) is 22.0 Å². The number of carbonyl (C=O) groups excluding carboxylic acids is 2. The molecule has 1 aliphatic heterocycles. The lowest BCUT2D eigenvalue weighted by Crippen LogP contribution is -2.47. The predicted octanol–water partition coefficient (Wildman–Crippen LogP) is 1.29. The van der Waals surface area contributed by atoms with E-state index in [0.29, 0.717) is 24.3 Å². The zero-order chi connectivity index (χ0) is 20.9. The van der Waals surface area contributed by atoms with Crippen molar-refractivity contribution < 1.29 is 27.5 Å². The molecule has 0 aliphatic carbocycles. The second-order valence-corrected chi connectivity index (χ2v) is 8.89. The quantitative estimate of drug-likeness (QED) is 0.625. The summed E-state index contributed by atoms with van der Waals surface area (Å²) >= 11 is 0. The predicted molar refractivity (Wildman–Crippen MR) is 101 cm³/mol. The molecule has 0 aromatic heterocycles. The summed E-state index contributed by atoms with van der Waals surface area (Å²) in [4.78, 5) is 26.3. The summed E-state index contributed by atoms with van der Waals surface area (Å²) in [6.45, 7) is 5.05. The van der Waals surface area contributed by atoms with E-state index < -0.39 is 40.0 Å². The van der Waals surface area contributed by atoms with Gasteiger partial charge in [-0.25, -0.2) is 13.2 Å². The van der Waals surface area contributed by atoms with Crippen molar-refractivity contribution in [2.75, 3.05) is 18.1 Å². The number of benzene rings is 1. The number of nitriles is 1. The first kappa shape index (κ1) is 21.7. The number of sulfone groups is 1. The number of amides is 1. The average Bonchev–Trinajstić information content (AvgIpc) is 3.02. The van der Waals surface area contributed by atoms with Crippen molar-refractivity contribution >= 4 is 21.7 Å². The molecule has 1 aliphatic rings. The van der Waals surface area contributed by atoms with E-state index in [1.165, 1.54) is 18.7 Å². The number of hydrogen-bond donors (Lipinski definition) is 0. The first-order chi connectivity index (χ1) is 13.2. The Morgan fingerprint density at radius 1 is 1.25 bits per heavy atom. The van der Waals surface area contributed by atoms with Crippen LogP contribution in [0.5, 0.6) is 5.75 Å². The molecule has 8 nitrogen and oxygen atoms in total. The number of nitrogens with zero attached hydrogens (tertiary/aromatic N) is 2. The molecule has 3 atom stereocenters. The molecule has 1 amide bonds. The summed E-state index contributed by atoms with van der Waals surface area (Å²) in [6.07, 6.45) is -1.62. The van der Waals surface area contributed by atoms with Crippen LogP contribution in [0.2, 0.25) is 0 Å². The molecule has 0 N–H and O–H groups in total. The fourth-order valence-corrected chi connectivity index (χ4v) is 4.76. The third kappa shape index (κ3) is 5.45. The number of hydrogen-bond acceptors (Lipinski definition) is 7. The summed E-state index contributed by atoms with van der Waals surface area (Å²) in [6, 6.07) is 7.85. The van der Waals surface area contributed by atoms with Gasteiger partial charge in [0.25, 0.3) is 5.91 Å². The molecular weight excluding hydrogens is 384 g/mol. The van der Waals surface area contributed by atoms with E-state index in [0.717, 1.165) is 0 Å². The SMILES string of the molecule is CCN(C(=O)[C@H](C)OC(=O)[C@@H](C)Oc1ccc(C#N)cc1)[C@@H]1CCS(=O)(=O)C1. The third-order valence-corrected chi connectivity index (χ3v) is 6.29. The minimum absolute atomic E-state index is 0.0606. The van der Waals surface area contributed by atoms with Crippen molar-refractivity contribution in [1.29, 1.82) is 5.26 Å². The van der Waals surface area contributed by atoms with Crippen molar-refractivity contribution in [3.05, 3.63) is 29.8 Å². The van der Waals surface area contributed by atoms with Gasteiger partial charge >= 0.3 is 5.97 Å². The number of likely N-dealkylation sites (N-methyl/N-ethyl adjacent to an activating group) is 1. The van der Waals surface area contributed by atoms with Gasteiger partial charge < -0.3 is 14.4 Å². The molecule has 9 heteroatoms. The minimum atomic E-state index is -3.13. The monoisotopic (exact) mass is 408 g/mol. The second kappa shape index (κ2) is 9.06. The van der Waals surface area contributed by atoms with E-state index in [9.17, 15) is 18.0 Å². The molecule has 1 heterocycles. The van der Waals surface area contributed by atoms with Crippen LogP contribution in [-0.2, 0) is 24.2 Å². The summed E-state index contributed by atoms with van der Waals surface area (Å²) in [5.41, 5.74) is 0.468. The number of ether oxygens (including phenoxy) is 2. The van der Waals surface area contributed by atoms with Gasteiger partial charge in [0.1, 0.15) is 5.75 Å². The van der Waals surface area contributed by atoms with Crippen LogP contribution in [0.1, 0.15) is 32.8 Å². The fraction of sp³-hybridized carbons (Fsp3) is 0.526. The third-order valence-electron chi connectivity index (χ3n) is 4.54. The highest BCUT2D eigenvalue weighted by Crippen LogP contribution is 2.19. The van der Waals surface area contributed by atoms with Gasteiger partial charge in [-0.1, -0.05) is 0 Å². The molecule has 1 aromatic carbocycles. The second-order valence-electron chi connectivity index (χ2n) is 6.66. The van der Waals surface area contributed by atoms with Crippen LogP contribution in [0.4, 0.5) is 0 Å². The summed E-state index contributed by atoms with van der Waals surface area (Å²) in [5.74, 6) is -0.742. The summed E-state index contributed by atoms with van der Waals surface area (Å²) in [7, 11) is -3.13. The molecule has 0 saturated carbocycles. The molecule has 152 valence electrons. The molecule has 28 heavy (non-hydrogen) atoms. The lowest BCUT2D eigenvalue weighted by atomic mass is 10.2. The Hall–Kier alpha value is -2.60. The van der Waals surface area contributed by atoms with E-state index in [-0.39, 0.29) is 11.5 Å².